The number of carbonyl (C=O) groups is 1. The molecular weight excluding hydrogens is 326 g/mol. The minimum atomic E-state index is -0.885. The van der Waals surface area contributed by atoms with Gasteiger partial charge in [0, 0.05) is 29.2 Å². The molecule has 3 aromatic rings. The lowest BCUT2D eigenvalue weighted by Gasteiger charge is -2.08. The number of nitrogens with one attached hydrogen (secondary N) is 1. The number of thiazole rings is 1. The number of primary amides is 1. The van der Waals surface area contributed by atoms with Crippen molar-refractivity contribution in [2.75, 3.05) is 11.1 Å². The maximum absolute atomic E-state index is 11.1. The van der Waals surface area contributed by atoms with Crippen molar-refractivity contribution in [2.24, 2.45) is 5.73 Å². The third-order valence-electron chi connectivity index (χ3n) is 3.35. The van der Waals surface area contributed by atoms with E-state index in [1.54, 1.807) is 48.8 Å². The lowest BCUT2D eigenvalue weighted by Crippen LogP contribution is -2.10. The van der Waals surface area contributed by atoms with Gasteiger partial charge in [-0.15, -0.1) is 0 Å². The minimum Gasteiger partial charge on any atom is -0.383 e. The topological polar surface area (TPSA) is 127 Å². The zero-order chi connectivity index (χ0) is 17.1. The number of hydrogen-bond donors (Lipinski definition) is 4. The number of carbonyl (C=O) groups excluding carboxylic acids is 1. The number of aliphatic hydroxyl groups excluding tert-OH is 1. The molecule has 1 atom stereocenters. The number of amides is 1. The molecule has 8 heteroatoms. The van der Waals surface area contributed by atoms with Crippen LogP contribution in [0.5, 0.6) is 0 Å². The summed E-state index contributed by atoms with van der Waals surface area (Å²) in [4.78, 5) is 19.8. The molecule has 122 valence electrons. The molecule has 3 rings (SSSR count). The number of hydrogen-bond acceptors (Lipinski definition) is 7. The van der Waals surface area contributed by atoms with Crippen molar-refractivity contribution in [1.29, 1.82) is 0 Å². The van der Waals surface area contributed by atoms with Gasteiger partial charge in [0.25, 0.3) is 0 Å². The van der Waals surface area contributed by atoms with E-state index >= 15 is 0 Å². The Hall–Kier alpha value is -2.97. The average molecular weight is 341 g/mol. The summed E-state index contributed by atoms with van der Waals surface area (Å²) in [5.41, 5.74) is 12.9. The number of anilines is 3. The first-order valence-electron chi connectivity index (χ1n) is 7.05. The average Bonchev–Trinajstić information content (AvgIpc) is 2.95. The van der Waals surface area contributed by atoms with Crippen molar-refractivity contribution in [3.63, 3.8) is 0 Å². The Morgan fingerprint density at radius 3 is 2.62 bits per heavy atom. The lowest BCUT2D eigenvalue weighted by atomic mass is 10.1. The van der Waals surface area contributed by atoms with Crippen LogP contribution in [0, 0.1) is 0 Å². The molecule has 7 nitrogen and oxygen atoms in total. The molecular formula is C16H15N5O2S. The van der Waals surface area contributed by atoms with Crippen molar-refractivity contribution in [1.82, 2.24) is 9.97 Å². The fourth-order valence-electron chi connectivity index (χ4n) is 2.12. The summed E-state index contributed by atoms with van der Waals surface area (Å²) in [6.07, 6.45) is 2.33. The first-order chi connectivity index (χ1) is 11.5. The van der Waals surface area contributed by atoms with Gasteiger partial charge in [-0.25, -0.2) is 4.98 Å². The summed E-state index contributed by atoms with van der Waals surface area (Å²) < 4.78 is 0. The van der Waals surface area contributed by atoms with Gasteiger partial charge in [0.05, 0.1) is 4.88 Å². The molecule has 0 saturated heterocycles. The van der Waals surface area contributed by atoms with Crippen molar-refractivity contribution >= 4 is 33.9 Å². The van der Waals surface area contributed by atoms with Crippen molar-refractivity contribution < 1.29 is 9.90 Å². The predicted octanol–water partition coefficient (Wildman–Crippen LogP) is 2.04. The predicted molar refractivity (Wildman–Crippen MR) is 93.1 cm³/mol. The molecule has 0 radical (unpaired) electrons. The summed E-state index contributed by atoms with van der Waals surface area (Å²) >= 11 is 1.25. The van der Waals surface area contributed by atoms with Crippen molar-refractivity contribution in [3.05, 3.63) is 64.8 Å². The van der Waals surface area contributed by atoms with Gasteiger partial charge in [0.1, 0.15) is 11.9 Å². The molecule has 1 amide bonds. The van der Waals surface area contributed by atoms with E-state index in [1.165, 1.54) is 11.3 Å². The van der Waals surface area contributed by atoms with Crippen LogP contribution in [-0.4, -0.2) is 21.0 Å². The van der Waals surface area contributed by atoms with Crippen molar-refractivity contribution in [2.45, 2.75) is 6.10 Å². The van der Waals surface area contributed by atoms with Crippen LogP contribution in [0.3, 0.4) is 0 Å². The van der Waals surface area contributed by atoms with E-state index in [-0.39, 0.29) is 5.82 Å². The molecule has 1 aromatic carbocycles. The lowest BCUT2D eigenvalue weighted by molar-refractivity contribution is 0.100. The molecule has 24 heavy (non-hydrogen) atoms. The van der Waals surface area contributed by atoms with Gasteiger partial charge in [0.2, 0.25) is 5.91 Å². The Balaban J connectivity index is 1.80. The Kier molecular flexibility index (Phi) is 4.41. The van der Waals surface area contributed by atoms with Gasteiger partial charge in [-0.05, 0) is 30.3 Å². The second kappa shape index (κ2) is 6.65. The molecule has 2 aromatic heterocycles. The highest BCUT2D eigenvalue weighted by atomic mass is 32.1. The van der Waals surface area contributed by atoms with Crippen LogP contribution in [-0.2, 0) is 0 Å². The molecule has 2 heterocycles. The Morgan fingerprint density at radius 1 is 1.25 bits per heavy atom. The number of nitrogens with two attached hydrogens (primary N) is 2. The van der Waals surface area contributed by atoms with Crippen LogP contribution in [0.4, 0.5) is 16.6 Å². The summed E-state index contributed by atoms with van der Waals surface area (Å²) in [7, 11) is 0. The fourth-order valence-corrected chi connectivity index (χ4v) is 3.04. The van der Waals surface area contributed by atoms with Crippen LogP contribution < -0.4 is 16.8 Å². The number of aliphatic hydroxyl groups is 1. The first-order valence-corrected chi connectivity index (χ1v) is 7.87. The highest BCUT2D eigenvalue weighted by Crippen LogP contribution is 2.35. The number of rotatable bonds is 5. The Morgan fingerprint density at radius 2 is 2.00 bits per heavy atom. The van der Waals surface area contributed by atoms with Gasteiger partial charge >= 0.3 is 0 Å². The first kappa shape index (κ1) is 15.9. The summed E-state index contributed by atoms with van der Waals surface area (Å²) in [6, 6.07) is 10.2. The SMILES string of the molecule is NC(=O)c1ccc(Nc2nc(N)c(C(O)c3cccnc3)s2)cc1. The largest absolute Gasteiger partial charge is 0.383 e. The number of benzene rings is 1. The molecule has 0 fully saturated rings. The maximum atomic E-state index is 11.1. The van der Waals surface area contributed by atoms with Crippen LogP contribution in [0.15, 0.2) is 48.8 Å². The number of nitrogen functional groups attached to an aromatic ring is 1. The second-order valence-corrected chi connectivity index (χ2v) is 6.05. The van der Waals surface area contributed by atoms with Gasteiger partial charge in [-0.2, -0.15) is 0 Å². The van der Waals surface area contributed by atoms with E-state index < -0.39 is 12.0 Å². The van der Waals surface area contributed by atoms with E-state index in [1.807, 2.05) is 0 Å². The quantitative estimate of drug-likeness (QED) is 0.562. The van der Waals surface area contributed by atoms with Crippen LogP contribution in [0.2, 0.25) is 0 Å². The zero-order valence-electron chi connectivity index (χ0n) is 12.5. The minimum absolute atomic E-state index is 0.257. The molecule has 0 aliphatic carbocycles. The number of pyridine rings is 1. The molecule has 6 N–H and O–H groups in total. The van der Waals surface area contributed by atoms with Gasteiger partial charge < -0.3 is 21.9 Å². The summed E-state index contributed by atoms with van der Waals surface area (Å²) in [5.74, 6) is -0.227. The summed E-state index contributed by atoms with van der Waals surface area (Å²) in [6.45, 7) is 0. The third kappa shape index (κ3) is 3.34. The smallest absolute Gasteiger partial charge is 0.248 e. The van der Waals surface area contributed by atoms with Gasteiger partial charge in [-0.3, -0.25) is 9.78 Å². The van der Waals surface area contributed by atoms with Crippen LogP contribution in [0.25, 0.3) is 0 Å². The molecule has 1 unspecified atom stereocenters. The third-order valence-corrected chi connectivity index (χ3v) is 4.39. The van der Waals surface area contributed by atoms with E-state index in [4.69, 9.17) is 11.5 Å². The maximum Gasteiger partial charge on any atom is 0.248 e. The van der Waals surface area contributed by atoms with Gasteiger partial charge in [0.15, 0.2) is 5.13 Å². The zero-order valence-corrected chi connectivity index (χ0v) is 13.3. The van der Waals surface area contributed by atoms with E-state index in [0.29, 0.717) is 21.1 Å². The summed E-state index contributed by atoms with van der Waals surface area (Å²) in [5, 5.41) is 14.0. The molecule has 0 saturated carbocycles. The van der Waals surface area contributed by atoms with Crippen LogP contribution >= 0.6 is 11.3 Å². The van der Waals surface area contributed by atoms with Crippen molar-refractivity contribution in [3.8, 4) is 0 Å². The molecule has 0 aliphatic heterocycles. The van der Waals surface area contributed by atoms with E-state index in [2.05, 4.69) is 15.3 Å². The molecule has 0 aliphatic rings. The fraction of sp³-hybridized carbons (Fsp3) is 0.0625. The second-order valence-electron chi connectivity index (χ2n) is 5.02. The highest BCUT2D eigenvalue weighted by molar-refractivity contribution is 7.16. The number of aromatic nitrogens is 2. The standard InChI is InChI=1S/C16H15N5O2S/c17-14-13(12(22)10-2-1-7-19-8-10)24-16(21-14)20-11-5-3-9(4-6-11)15(18)23/h1-8,12,22H,17H2,(H2,18,23)(H,20,21). The van der Waals surface area contributed by atoms with E-state index in [9.17, 15) is 9.90 Å². The number of nitrogens with zero attached hydrogens (tertiary/aromatic N) is 2. The molecule has 0 bridgehead atoms. The van der Waals surface area contributed by atoms with E-state index in [0.717, 1.165) is 5.69 Å². The Labute approximate surface area is 142 Å². The Bertz CT molecular complexity index is 849. The normalized spacial score (nSPS) is 11.9. The van der Waals surface area contributed by atoms with Crippen LogP contribution in [0.1, 0.15) is 26.9 Å². The monoisotopic (exact) mass is 341 g/mol. The highest BCUT2D eigenvalue weighted by Gasteiger charge is 2.19. The molecule has 0 spiro atoms. The van der Waals surface area contributed by atoms with Gasteiger partial charge in [-0.1, -0.05) is 17.4 Å².